The molecule has 0 radical (unpaired) electrons. The van der Waals surface area contributed by atoms with Gasteiger partial charge in [0.05, 0.1) is 6.54 Å². The number of urea groups is 1. The van der Waals surface area contributed by atoms with E-state index in [4.69, 9.17) is 9.52 Å². The van der Waals surface area contributed by atoms with Crippen molar-refractivity contribution in [2.75, 3.05) is 5.32 Å². The first-order valence-electron chi connectivity index (χ1n) is 6.08. The standard InChI is InChI=1S/C14H13FN2O4/c1-8-4-9(15)6-10(5-8)17-14(20)16-7-11-2-3-12(21-11)13(18)19/h2-6H,7H2,1H3,(H,18,19)(H2,16,17,20). The van der Waals surface area contributed by atoms with Gasteiger partial charge in [-0.2, -0.15) is 0 Å². The fourth-order valence-corrected chi connectivity index (χ4v) is 1.74. The van der Waals surface area contributed by atoms with Gasteiger partial charge in [-0.05, 0) is 42.8 Å². The minimum Gasteiger partial charge on any atom is -0.475 e. The smallest absolute Gasteiger partial charge is 0.371 e. The average Bonchev–Trinajstić information content (AvgIpc) is 2.84. The maximum atomic E-state index is 13.2. The second-order valence-electron chi connectivity index (χ2n) is 4.40. The van der Waals surface area contributed by atoms with Gasteiger partial charge in [0.25, 0.3) is 0 Å². The number of carboxylic acids is 1. The third kappa shape index (κ3) is 4.07. The molecule has 3 N–H and O–H groups in total. The van der Waals surface area contributed by atoms with E-state index in [2.05, 4.69) is 10.6 Å². The lowest BCUT2D eigenvalue weighted by molar-refractivity contribution is 0.0660. The summed E-state index contributed by atoms with van der Waals surface area (Å²) >= 11 is 0. The SMILES string of the molecule is Cc1cc(F)cc(NC(=O)NCc2ccc(C(=O)O)o2)c1. The van der Waals surface area contributed by atoms with Gasteiger partial charge in [-0.3, -0.25) is 0 Å². The van der Waals surface area contributed by atoms with Gasteiger partial charge in [0.15, 0.2) is 0 Å². The number of rotatable bonds is 4. The number of hydrogen-bond acceptors (Lipinski definition) is 3. The lowest BCUT2D eigenvalue weighted by Gasteiger charge is -2.07. The van der Waals surface area contributed by atoms with E-state index < -0.39 is 17.8 Å². The van der Waals surface area contributed by atoms with Gasteiger partial charge in [-0.1, -0.05) is 0 Å². The Labute approximate surface area is 119 Å². The largest absolute Gasteiger partial charge is 0.475 e. The van der Waals surface area contributed by atoms with Crippen LogP contribution in [0.2, 0.25) is 0 Å². The molecule has 2 rings (SSSR count). The molecule has 21 heavy (non-hydrogen) atoms. The van der Waals surface area contributed by atoms with Crippen molar-refractivity contribution in [1.29, 1.82) is 0 Å². The Kier molecular flexibility index (Phi) is 4.22. The normalized spacial score (nSPS) is 10.2. The van der Waals surface area contributed by atoms with E-state index in [9.17, 15) is 14.0 Å². The summed E-state index contributed by atoms with van der Waals surface area (Å²) in [7, 11) is 0. The molecule has 0 saturated carbocycles. The molecule has 0 fully saturated rings. The van der Waals surface area contributed by atoms with E-state index in [1.165, 1.54) is 24.3 Å². The Morgan fingerprint density at radius 2 is 2.05 bits per heavy atom. The minimum atomic E-state index is -1.18. The Morgan fingerprint density at radius 1 is 1.29 bits per heavy atom. The van der Waals surface area contributed by atoms with Crippen molar-refractivity contribution < 1.29 is 23.5 Å². The van der Waals surface area contributed by atoms with E-state index in [0.29, 0.717) is 17.0 Å². The van der Waals surface area contributed by atoms with E-state index in [0.717, 1.165) is 0 Å². The van der Waals surface area contributed by atoms with Crippen LogP contribution < -0.4 is 10.6 Å². The van der Waals surface area contributed by atoms with Crippen molar-refractivity contribution in [3.63, 3.8) is 0 Å². The third-order valence-electron chi connectivity index (χ3n) is 2.60. The van der Waals surface area contributed by atoms with Crippen molar-refractivity contribution in [3.05, 3.63) is 53.2 Å². The van der Waals surface area contributed by atoms with Crippen molar-refractivity contribution >= 4 is 17.7 Å². The summed E-state index contributed by atoms with van der Waals surface area (Å²) in [5.41, 5.74) is 1.01. The molecule has 1 aromatic carbocycles. The van der Waals surface area contributed by atoms with Gasteiger partial charge in [0.2, 0.25) is 5.76 Å². The van der Waals surface area contributed by atoms with Crippen LogP contribution in [0.25, 0.3) is 0 Å². The molecular formula is C14H13FN2O4. The number of carbonyl (C=O) groups is 2. The van der Waals surface area contributed by atoms with Crippen LogP contribution in [0.15, 0.2) is 34.7 Å². The zero-order valence-electron chi connectivity index (χ0n) is 11.1. The molecule has 0 aliphatic heterocycles. The van der Waals surface area contributed by atoms with Gasteiger partial charge in [-0.15, -0.1) is 0 Å². The van der Waals surface area contributed by atoms with Crippen LogP contribution in [-0.4, -0.2) is 17.1 Å². The lowest BCUT2D eigenvalue weighted by Crippen LogP contribution is -2.28. The van der Waals surface area contributed by atoms with Gasteiger partial charge < -0.3 is 20.2 Å². The molecule has 0 atom stereocenters. The Balaban J connectivity index is 1.90. The zero-order valence-corrected chi connectivity index (χ0v) is 11.1. The molecule has 7 heteroatoms. The molecule has 1 aromatic heterocycles. The van der Waals surface area contributed by atoms with Gasteiger partial charge >= 0.3 is 12.0 Å². The molecule has 2 amide bonds. The number of hydrogen-bond donors (Lipinski definition) is 3. The average molecular weight is 292 g/mol. The van der Waals surface area contributed by atoms with E-state index >= 15 is 0 Å². The highest BCUT2D eigenvalue weighted by Gasteiger charge is 2.10. The summed E-state index contributed by atoms with van der Waals surface area (Å²) < 4.78 is 18.1. The predicted octanol–water partition coefficient (Wildman–Crippen LogP) is 2.75. The van der Waals surface area contributed by atoms with Crippen LogP contribution in [0.5, 0.6) is 0 Å². The molecule has 0 aliphatic carbocycles. The van der Waals surface area contributed by atoms with Crippen LogP contribution in [0.1, 0.15) is 21.9 Å². The number of aryl methyl sites for hydroxylation is 1. The quantitative estimate of drug-likeness (QED) is 0.808. The van der Waals surface area contributed by atoms with Gasteiger partial charge in [-0.25, -0.2) is 14.0 Å². The Bertz CT molecular complexity index is 661. The molecule has 1 heterocycles. The molecule has 2 aromatic rings. The fourth-order valence-electron chi connectivity index (χ4n) is 1.74. The highest BCUT2D eigenvalue weighted by Crippen LogP contribution is 2.13. The summed E-state index contributed by atoms with van der Waals surface area (Å²) in [5, 5.41) is 13.6. The summed E-state index contributed by atoms with van der Waals surface area (Å²) in [5.74, 6) is -1.52. The number of carbonyl (C=O) groups excluding carboxylic acids is 1. The highest BCUT2D eigenvalue weighted by atomic mass is 19.1. The maximum Gasteiger partial charge on any atom is 0.371 e. The van der Waals surface area contributed by atoms with Gasteiger partial charge in [0.1, 0.15) is 11.6 Å². The summed E-state index contributed by atoms with van der Waals surface area (Å²) in [4.78, 5) is 22.3. The van der Waals surface area contributed by atoms with Crippen molar-refractivity contribution in [1.82, 2.24) is 5.32 Å². The van der Waals surface area contributed by atoms with Gasteiger partial charge in [0, 0.05) is 5.69 Å². The lowest BCUT2D eigenvalue weighted by atomic mass is 10.2. The van der Waals surface area contributed by atoms with Crippen molar-refractivity contribution in [2.45, 2.75) is 13.5 Å². The first-order chi connectivity index (χ1) is 9.94. The van der Waals surface area contributed by atoms with Crippen LogP contribution in [0, 0.1) is 12.7 Å². The number of amides is 2. The van der Waals surface area contributed by atoms with Crippen molar-refractivity contribution in [2.24, 2.45) is 0 Å². The second kappa shape index (κ2) is 6.08. The summed E-state index contributed by atoms with van der Waals surface area (Å²) in [6, 6.07) is 6.37. The highest BCUT2D eigenvalue weighted by molar-refractivity contribution is 5.89. The first kappa shape index (κ1) is 14.6. The first-order valence-corrected chi connectivity index (χ1v) is 6.08. The molecule has 0 saturated heterocycles. The maximum absolute atomic E-state index is 13.2. The monoisotopic (exact) mass is 292 g/mol. The third-order valence-corrected chi connectivity index (χ3v) is 2.60. The second-order valence-corrected chi connectivity index (χ2v) is 4.40. The molecular weight excluding hydrogens is 279 g/mol. The summed E-state index contributed by atoms with van der Waals surface area (Å²) in [6.07, 6.45) is 0. The van der Waals surface area contributed by atoms with Crippen LogP contribution in [0.4, 0.5) is 14.9 Å². The molecule has 6 nitrogen and oxygen atoms in total. The van der Waals surface area contributed by atoms with Crippen molar-refractivity contribution in [3.8, 4) is 0 Å². The molecule has 0 bridgehead atoms. The Morgan fingerprint density at radius 3 is 2.67 bits per heavy atom. The fraction of sp³-hybridized carbons (Fsp3) is 0.143. The molecule has 0 unspecified atom stereocenters. The molecule has 0 spiro atoms. The number of carboxylic acid groups (broad SMARTS) is 1. The zero-order chi connectivity index (χ0) is 15.4. The van der Waals surface area contributed by atoms with Crippen LogP contribution in [0.3, 0.4) is 0 Å². The topological polar surface area (TPSA) is 91.6 Å². The number of halogens is 1. The Hall–Kier alpha value is -2.83. The molecule has 0 aliphatic rings. The minimum absolute atomic E-state index is 0.0212. The predicted molar refractivity (Wildman–Crippen MR) is 72.7 cm³/mol. The molecule has 110 valence electrons. The van der Waals surface area contributed by atoms with Crippen LogP contribution in [-0.2, 0) is 6.54 Å². The number of nitrogens with one attached hydrogen (secondary N) is 2. The number of benzene rings is 1. The number of anilines is 1. The van der Waals surface area contributed by atoms with Crippen LogP contribution >= 0.6 is 0 Å². The number of aromatic carboxylic acids is 1. The number of furan rings is 1. The van der Waals surface area contributed by atoms with E-state index in [-0.39, 0.29) is 12.3 Å². The summed E-state index contributed by atoms with van der Waals surface area (Å²) in [6.45, 7) is 1.73. The van der Waals surface area contributed by atoms with E-state index in [1.54, 1.807) is 13.0 Å². The van der Waals surface area contributed by atoms with E-state index in [1.807, 2.05) is 0 Å².